The maximum atomic E-state index is 14.5. The molecule has 3 saturated heterocycles. The molecule has 3 fully saturated rings. The van der Waals surface area contributed by atoms with E-state index in [9.17, 15) is 19.5 Å². The summed E-state index contributed by atoms with van der Waals surface area (Å²) in [5.41, 5.74) is -1.62. The number of carbonyl (C=O) groups is 3. The van der Waals surface area contributed by atoms with Gasteiger partial charge in [-0.2, -0.15) is 0 Å². The molecular formula is C29H47N3O5. The van der Waals surface area contributed by atoms with Gasteiger partial charge in [-0.15, -0.1) is 13.2 Å². The van der Waals surface area contributed by atoms with E-state index in [2.05, 4.69) is 33.9 Å². The minimum atomic E-state index is -1.07. The average Bonchev–Trinajstić information content (AvgIpc) is 3.43. The molecule has 3 amide bonds. The van der Waals surface area contributed by atoms with Crippen LogP contribution in [0.25, 0.3) is 0 Å². The third-order valence-electron chi connectivity index (χ3n) is 8.09. The van der Waals surface area contributed by atoms with E-state index in [1.54, 1.807) is 22.0 Å². The zero-order valence-electron chi connectivity index (χ0n) is 23.7. The summed E-state index contributed by atoms with van der Waals surface area (Å²) in [6.07, 6.45) is 5.70. The van der Waals surface area contributed by atoms with Crippen molar-refractivity contribution in [3.63, 3.8) is 0 Å². The van der Waals surface area contributed by atoms with Gasteiger partial charge in [0.05, 0.1) is 24.5 Å². The van der Waals surface area contributed by atoms with Crippen molar-refractivity contribution < 1.29 is 24.2 Å². The van der Waals surface area contributed by atoms with E-state index in [0.29, 0.717) is 32.5 Å². The van der Waals surface area contributed by atoms with Crippen molar-refractivity contribution in [3.8, 4) is 0 Å². The van der Waals surface area contributed by atoms with Gasteiger partial charge in [0.2, 0.25) is 17.7 Å². The lowest BCUT2D eigenvalue weighted by Gasteiger charge is -2.45. The van der Waals surface area contributed by atoms with Gasteiger partial charge in [0.1, 0.15) is 11.6 Å². The van der Waals surface area contributed by atoms with Crippen LogP contribution in [-0.4, -0.2) is 93.6 Å². The first-order valence-corrected chi connectivity index (χ1v) is 13.7. The number of rotatable bonds is 12. The highest BCUT2D eigenvalue weighted by Crippen LogP contribution is 2.59. The second-order valence-electron chi connectivity index (χ2n) is 12.7. The summed E-state index contributed by atoms with van der Waals surface area (Å²) >= 11 is 0. The number of ether oxygens (including phenoxy) is 1. The van der Waals surface area contributed by atoms with Gasteiger partial charge in [-0.25, -0.2) is 0 Å². The molecule has 2 bridgehead atoms. The number of likely N-dealkylation sites (tertiary alicyclic amines) is 1. The molecule has 8 heteroatoms. The number of aliphatic hydroxyl groups is 1. The predicted octanol–water partition coefficient (Wildman–Crippen LogP) is 3.01. The minimum Gasteiger partial charge on any atom is -0.395 e. The summed E-state index contributed by atoms with van der Waals surface area (Å²) in [4.78, 5) is 47.2. The van der Waals surface area contributed by atoms with E-state index in [1.165, 1.54) is 4.90 Å². The van der Waals surface area contributed by atoms with E-state index in [4.69, 9.17) is 4.74 Å². The number of fused-ring (bicyclic) bond motifs is 1. The number of hydrogen-bond acceptors (Lipinski definition) is 5. The van der Waals surface area contributed by atoms with E-state index in [0.717, 1.165) is 12.8 Å². The lowest BCUT2D eigenvalue weighted by atomic mass is 9.70. The van der Waals surface area contributed by atoms with Gasteiger partial charge in [0.15, 0.2) is 0 Å². The van der Waals surface area contributed by atoms with Crippen LogP contribution < -0.4 is 0 Å². The van der Waals surface area contributed by atoms with Gasteiger partial charge in [0.25, 0.3) is 0 Å². The van der Waals surface area contributed by atoms with Crippen molar-refractivity contribution in [2.45, 2.75) is 90.5 Å². The van der Waals surface area contributed by atoms with Gasteiger partial charge >= 0.3 is 0 Å². The normalized spacial score (nSPS) is 28.8. The molecule has 3 aliphatic heterocycles. The van der Waals surface area contributed by atoms with Gasteiger partial charge in [0, 0.05) is 31.7 Å². The fourth-order valence-electron chi connectivity index (χ4n) is 7.30. The van der Waals surface area contributed by atoms with Crippen LogP contribution in [0, 0.1) is 17.3 Å². The highest BCUT2D eigenvalue weighted by molar-refractivity contribution is 5.99. The van der Waals surface area contributed by atoms with E-state index in [1.807, 2.05) is 20.8 Å². The molecule has 0 aromatic rings. The van der Waals surface area contributed by atoms with Crippen molar-refractivity contribution >= 4 is 17.7 Å². The van der Waals surface area contributed by atoms with Crippen LogP contribution >= 0.6 is 0 Å². The maximum Gasteiger partial charge on any atom is 0.249 e. The van der Waals surface area contributed by atoms with E-state index in [-0.39, 0.29) is 36.3 Å². The summed E-state index contributed by atoms with van der Waals surface area (Å²) in [5.74, 6) is -1.96. The highest BCUT2D eigenvalue weighted by Gasteiger charge is 2.75. The summed E-state index contributed by atoms with van der Waals surface area (Å²) in [5, 5.41) is 9.87. The number of carbonyl (C=O) groups excluding carboxylic acids is 3. The summed E-state index contributed by atoms with van der Waals surface area (Å²) in [7, 11) is 0. The summed E-state index contributed by atoms with van der Waals surface area (Å²) in [6.45, 7) is 21.2. The first kappa shape index (κ1) is 29.4. The Morgan fingerprint density at radius 1 is 1.16 bits per heavy atom. The fraction of sp³-hybridized carbons (Fsp3) is 0.759. The van der Waals surface area contributed by atoms with Crippen LogP contribution in [0.15, 0.2) is 25.3 Å². The minimum absolute atomic E-state index is 0.0232. The average molecular weight is 518 g/mol. The van der Waals surface area contributed by atoms with Crippen LogP contribution in [0.5, 0.6) is 0 Å². The van der Waals surface area contributed by atoms with E-state index >= 15 is 0 Å². The van der Waals surface area contributed by atoms with Crippen molar-refractivity contribution in [1.29, 1.82) is 0 Å². The number of β-amino-alcohol motifs (C(OH)–C–C–N with tert-alkyl or cyclic N) is 1. The Morgan fingerprint density at radius 2 is 1.81 bits per heavy atom. The fourth-order valence-corrected chi connectivity index (χ4v) is 7.30. The molecule has 0 saturated carbocycles. The molecule has 8 nitrogen and oxygen atoms in total. The Balaban J connectivity index is 2.05. The van der Waals surface area contributed by atoms with Crippen molar-refractivity contribution in [1.82, 2.24) is 14.7 Å². The number of amides is 3. The van der Waals surface area contributed by atoms with Crippen LogP contribution in [0.1, 0.15) is 67.2 Å². The summed E-state index contributed by atoms with van der Waals surface area (Å²) in [6, 6.07) is -0.891. The van der Waals surface area contributed by atoms with Crippen LogP contribution in [0.2, 0.25) is 0 Å². The molecule has 0 aromatic heterocycles. The van der Waals surface area contributed by atoms with Gasteiger partial charge in [-0.1, -0.05) is 39.8 Å². The van der Waals surface area contributed by atoms with Gasteiger partial charge in [-0.3, -0.25) is 14.4 Å². The van der Waals surface area contributed by atoms with Gasteiger partial charge < -0.3 is 24.5 Å². The number of hydrogen-bond donors (Lipinski definition) is 1. The first-order valence-electron chi connectivity index (χ1n) is 13.7. The first-order chi connectivity index (χ1) is 17.3. The Kier molecular flexibility index (Phi) is 8.64. The standard InChI is InChI=1S/C29H47N3O5/c1-9-14-30(15-10-2)24(34)21-20-12-13-29(37-20)22(21)25(35)31(17-18-33)23(29)26(36)32(16-11-3)28(7,8)19-27(4,5)6/h9,11,20-23,33H,1,3,10,12-19H2,2,4-8H3/t20-,21+,22+,23?,29?/m1/s1. The molecule has 37 heavy (non-hydrogen) atoms. The Morgan fingerprint density at radius 3 is 2.35 bits per heavy atom. The number of aliphatic hydroxyl groups excluding tert-OH is 1. The lowest BCUT2D eigenvalue weighted by molar-refractivity contribution is -0.153. The molecule has 3 heterocycles. The van der Waals surface area contributed by atoms with Gasteiger partial charge in [-0.05, 0) is 44.9 Å². The molecule has 0 radical (unpaired) electrons. The molecule has 208 valence electrons. The zero-order chi connectivity index (χ0) is 27.8. The Bertz CT molecular complexity index is 910. The third kappa shape index (κ3) is 5.24. The van der Waals surface area contributed by atoms with Crippen LogP contribution in [0.3, 0.4) is 0 Å². The molecule has 3 rings (SSSR count). The lowest BCUT2D eigenvalue weighted by Crippen LogP contribution is -2.61. The molecular weight excluding hydrogens is 470 g/mol. The summed E-state index contributed by atoms with van der Waals surface area (Å²) < 4.78 is 6.56. The molecule has 0 aliphatic carbocycles. The molecule has 1 N–H and O–H groups in total. The second kappa shape index (κ2) is 10.9. The Hall–Kier alpha value is -2.19. The SMILES string of the molecule is C=CCN(CCC)C(=O)[C@@H]1[C@H]2C(=O)N(CCO)C(C(=O)N(CC=C)C(C)(C)CC(C)(C)C)C23CC[C@H]1O3. The van der Waals surface area contributed by atoms with Crippen molar-refractivity contribution in [2.75, 3.05) is 32.8 Å². The van der Waals surface area contributed by atoms with E-state index < -0.39 is 35.1 Å². The largest absolute Gasteiger partial charge is 0.395 e. The third-order valence-corrected chi connectivity index (χ3v) is 8.09. The predicted molar refractivity (Wildman–Crippen MR) is 144 cm³/mol. The van der Waals surface area contributed by atoms with Crippen molar-refractivity contribution in [2.24, 2.45) is 17.3 Å². The second-order valence-corrected chi connectivity index (χ2v) is 12.7. The molecule has 5 atom stereocenters. The highest BCUT2D eigenvalue weighted by atomic mass is 16.5. The molecule has 2 unspecified atom stereocenters. The maximum absolute atomic E-state index is 14.5. The molecule has 1 spiro atoms. The molecule has 3 aliphatic rings. The number of nitrogens with zero attached hydrogens (tertiary/aromatic N) is 3. The Labute approximate surface area is 222 Å². The topological polar surface area (TPSA) is 90.4 Å². The quantitative estimate of drug-likeness (QED) is 0.402. The monoisotopic (exact) mass is 517 g/mol. The van der Waals surface area contributed by atoms with Crippen LogP contribution in [0.4, 0.5) is 0 Å². The smallest absolute Gasteiger partial charge is 0.249 e. The molecule has 0 aromatic carbocycles. The van der Waals surface area contributed by atoms with Crippen molar-refractivity contribution in [3.05, 3.63) is 25.3 Å². The zero-order valence-corrected chi connectivity index (χ0v) is 23.7. The van der Waals surface area contributed by atoms with Crippen LogP contribution in [-0.2, 0) is 19.1 Å².